The summed E-state index contributed by atoms with van der Waals surface area (Å²) in [5.41, 5.74) is 16.5. The monoisotopic (exact) mass is 882 g/mol. The zero-order valence-electron chi connectivity index (χ0n) is 36.0. The largest absolute Gasteiger partial charge is 0.396 e. The van der Waals surface area contributed by atoms with Gasteiger partial charge in [-0.2, -0.15) is 0 Å². The van der Waals surface area contributed by atoms with Crippen molar-refractivity contribution in [2.45, 2.75) is 154 Å². The molecule has 4 aliphatic rings. The second kappa shape index (κ2) is 17.8. The van der Waals surface area contributed by atoms with Gasteiger partial charge >= 0.3 is 0 Å². The first-order valence-corrected chi connectivity index (χ1v) is 27.7. The van der Waals surface area contributed by atoms with Gasteiger partial charge in [0.05, 0.1) is 5.69 Å². The minimum absolute atomic E-state index is 0.403. The Bertz CT molecular complexity index is 2690. The van der Waals surface area contributed by atoms with Gasteiger partial charge in [-0.15, -0.1) is 50.3 Å². The Morgan fingerprint density at radius 3 is 1.21 bits per heavy atom. The zero-order valence-corrected chi connectivity index (χ0v) is 39.2. The van der Waals surface area contributed by atoms with Crippen molar-refractivity contribution < 1.29 is 0 Å². The normalized spacial score (nSPS) is 19.3. The summed E-state index contributed by atoms with van der Waals surface area (Å²) in [6, 6.07) is 13.9. The van der Waals surface area contributed by atoms with Crippen molar-refractivity contribution in [3.05, 3.63) is 74.3 Å². The van der Waals surface area contributed by atoms with Crippen LogP contribution in [-0.2, 0) is 25.7 Å². The van der Waals surface area contributed by atoms with Gasteiger partial charge in [-0.05, 0) is 112 Å². The summed E-state index contributed by atoms with van der Waals surface area (Å²) < 4.78 is 5.92. The molecule has 4 heterocycles. The van der Waals surface area contributed by atoms with Crippen LogP contribution in [0.1, 0.15) is 151 Å². The van der Waals surface area contributed by atoms with Crippen molar-refractivity contribution in [1.29, 1.82) is 0 Å². The van der Waals surface area contributed by atoms with Crippen molar-refractivity contribution in [2.75, 3.05) is 5.73 Å². The predicted octanol–water partition coefficient (Wildman–Crippen LogP) is 18.4. The average molecular weight is 883 g/mol. The highest BCUT2D eigenvalue weighted by molar-refractivity contribution is 7.24. The highest BCUT2D eigenvalue weighted by Gasteiger charge is 2.29. The van der Waals surface area contributed by atoms with Gasteiger partial charge in [0.1, 0.15) is 5.69 Å². The van der Waals surface area contributed by atoms with Crippen LogP contribution < -0.4 is 5.73 Å². The van der Waals surface area contributed by atoms with E-state index in [1.165, 1.54) is 194 Å². The lowest BCUT2D eigenvalue weighted by Gasteiger charge is -2.26. The fourth-order valence-electron chi connectivity index (χ4n) is 12.7. The molecule has 4 saturated carbocycles. The van der Waals surface area contributed by atoms with Gasteiger partial charge in [-0.25, -0.2) is 0 Å². The Kier molecular flexibility index (Phi) is 11.9. The van der Waals surface area contributed by atoms with Crippen molar-refractivity contribution >= 4 is 97.1 Å². The quantitative estimate of drug-likeness (QED) is 0.104. The number of nitrogens with zero attached hydrogens (tertiary/aromatic N) is 1. The number of rotatable bonds is 11. The summed E-state index contributed by atoms with van der Waals surface area (Å²) >= 11 is 7.72. The second-order valence-electron chi connectivity index (χ2n) is 19.8. The van der Waals surface area contributed by atoms with E-state index in [4.69, 9.17) is 5.73 Å². The molecule has 4 aromatic heterocycles. The number of nitrogens with two attached hydrogens (primary N) is 1. The van der Waals surface area contributed by atoms with Gasteiger partial charge in [0.15, 0.2) is 0 Å². The summed E-state index contributed by atoms with van der Waals surface area (Å²) in [7, 11) is 0. The maximum atomic E-state index is 13.1. The van der Waals surface area contributed by atoms with Crippen LogP contribution in [0.2, 0.25) is 0 Å². The van der Waals surface area contributed by atoms with Crippen LogP contribution in [-0.4, -0.2) is 0 Å². The molecule has 0 atom stereocenters. The van der Waals surface area contributed by atoms with E-state index < -0.39 is 0 Å². The fraction of sp³-hybridized carbons (Fsp3) is 0.519. The Morgan fingerprint density at radius 2 is 0.820 bits per heavy atom. The maximum absolute atomic E-state index is 13.1. The number of benzene rings is 3. The van der Waals surface area contributed by atoms with Crippen LogP contribution in [0.5, 0.6) is 0 Å². The Morgan fingerprint density at radius 1 is 0.459 bits per heavy atom. The number of nitrogen functional groups attached to an aromatic ring is 1. The summed E-state index contributed by atoms with van der Waals surface area (Å²) in [6.45, 7) is 0. The highest BCUT2D eigenvalue weighted by Crippen LogP contribution is 2.52. The highest BCUT2D eigenvalue weighted by atomic mass is 32.1. The zero-order chi connectivity index (χ0) is 40.9. The van der Waals surface area contributed by atoms with Crippen molar-refractivity contribution in [3.63, 3.8) is 0 Å². The predicted molar refractivity (Wildman–Crippen MR) is 270 cm³/mol. The third kappa shape index (κ3) is 7.84. The van der Waals surface area contributed by atoms with Gasteiger partial charge in [0, 0.05) is 61.2 Å². The first-order valence-electron chi connectivity index (χ1n) is 24.3. The Balaban J connectivity index is 1.02. The van der Waals surface area contributed by atoms with E-state index in [1.54, 1.807) is 22.3 Å². The minimum Gasteiger partial charge on any atom is -0.396 e. The molecule has 7 heteroatoms. The SMILES string of the molecule is Nc1c(-c2cc3c(s2)c(CC2CCCCC2)c(CC2CCCCC2)c2sccc23)ccc(-c2cc3c(s2)c(CC2CCCCC2)c(CC2CCCCC2)c2sccc23)c1N=O. The lowest BCUT2D eigenvalue weighted by atomic mass is 9.80. The maximum Gasteiger partial charge on any atom is 0.140 e. The van der Waals surface area contributed by atoms with Crippen LogP contribution in [0.4, 0.5) is 11.4 Å². The van der Waals surface area contributed by atoms with Crippen LogP contribution in [0.15, 0.2) is 52.3 Å². The number of hydrogen-bond donors (Lipinski definition) is 1. The molecule has 3 nitrogen and oxygen atoms in total. The summed E-state index contributed by atoms with van der Waals surface area (Å²) in [5, 5.41) is 13.9. The third-order valence-electron chi connectivity index (χ3n) is 15.9. The molecule has 3 aromatic carbocycles. The standard InChI is InChI=1S/C54H62N2OS4/c55-49-39(47-31-45-37-23-25-58-51(37)41(27-33-13-5-1-6-14-33)43(53(45)60-47)29-35-17-9-3-10-18-35)21-22-40(50(49)56-57)48-32-46-38-24-26-59-52(38)42(28-34-15-7-2-8-16-34)44(54(46)61-48)30-36-19-11-4-12-20-36/h21-26,31-36H,1-20,27-30,55H2. The molecular formula is C54H62N2OS4. The molecule has 0 unspecified atom stereocenters. The first-order chi connectivity index (χ1) is 30.1. The van der Waals surface area contributed by atoms with Crippen molar-refractivity contribution in [3.8, 4) is 20.9 Å². The number of hydrogen-bond acceptors (Lipinski definition) is 7. The molecule has 0 radical (unpaired) electrons. The van der Waals surface area contributed by atoms with Gasteiger partial charge in [0.2, 0.25) is 0 Å². The number of fused-ring (bicyclic) bond motifs is 6. The number of anilines is 1. The number of nitroso groups, excluding NO2 is 1. The van der Waals surface area contributed by atoms with Crippen LogP contribution in [0.3, 0.4) is 0 Å². The molecule has 61 heavy (non-hydrogen) atoms. The lowest BCUT2D eigenvalue weighted by molar-refractivity contribution is 0.348. The van der Waals surface area contributed by atoms with Gasteiger partial charge in [-0.1, -0.05) is 141 Å². The molecule has 4 aliphatic carbocycles. The van der Waals surface area contributed by atoms with E-state index in [9.17, 15) is 4.91 Å². The average Bonchev–Trinajstić information content (AvgIpc) is 4.14. The smallest absolute Gasteiger partial charge is 0.140 e. The molecule has 11 rings (SSSR count). The third-order valence-corrected chi connectivity index (χ3v) is 20.3. The van der Waals surface area contributed by atoms with Crippen molar-refractivity contribution in [1.82, 2.24) is 0 Å². The van der Waals surface area contributed by atoms with E-state index in [0.29, 0.717) is 11.4 Å². The molecule has 0 saturated heterocycles. The minimum atomic E-state index is 0.403. The van der Waals surface area contributed by atoms with Crippen LogP contribution in [0, 0.1) is 28.6 Å². The number of thiophene rings is 4. The topological polar surface area (TPSA) is 55.4 Å². The molecule has 0 amide bonds. The van der Waals surface area contributed by atoms with E-state index in [2.05, 4.69) is 52.3 Å². The lowest BCUT2D eigenvalue weighted by Crippen LogP contribution is -2.14. The van der Waals surface area contributed by atoms with E-state index >= 15 is 0 Å². The van der Waals surface area contributed by atoms with Crippen LogP contribution >= 0.6 is 45.3 Å². The molecule has 4 fully saturated rings. The molecule has 7 aromatic rings. The molecule has 0 aliphatic heterocycles. The molecule has 0 spiro atoms. The Labute approximate surface area is 378 Å². The summed E-state index contributed by atoms with van der Waals surface area (Å²) in [5.74, 6) is 3.11. The summed E-state index contributed by atoms with van der Waals surface area (Å²) in [6.07, 6.45) is 32.2. The molecular weight excluding hydrogens is 821 g/mol. The summed E-state index contributed by atoms with van der Waals surface area (Å²) in [4.78, 5) is 15.4. The van der Waals surface area contributed by atoms with Crippen molar-refractivity contribution in [2.24, 2.45) is 28.8 Å². The molecule has 0 bridgehead atoms. The van der Waals surface area contributed by atoms with Gasteiger partial charge in [0.25, 0.3) is 0 Å². The van der Waals surface area contributed by atoms with E-state index in [-0.39, 0.29) is 0 Å². The van der Waals surface area contributed by atoms with E-state index in [1.807, 2.05) is 45.3 Å². The molecule has 318 valence electrons. The fourth-order valence-corrected chi connectivity index (χ4v) is 17.2. The van der Waals surface area contributed by atoms with Gasteiger partial charge < -0.3 is 5.73 Å². The second-order valence-corrected chi connectivity index (χ2v) is 23.7. The van der Waals surface area contributed by atoms with Gasteiger partial charge in [-0.3, -0.25) is 0 Å². The first kappa shape index (κ1) is 40.7. The molecule has 2 N–H and O–H groups in total. The van der Waals surface area contributed by atoms with Crippen LogP contribution in [0.25, 0.3) is 61.2 Å². The Hall–Kier alpha value is -3.10. The van der Waals surface area contributed by atoms with E-state index in [0.717, 1.165) is 44.6 Å².